The van der Waals surface area contributed by atoms with Crippen LogP contribution in [0.15, 0.2) is 156 Å². The molecule has 0 bridgehead atoms. The van der Waals surface area contributed by atoms with Crippen LogP contribution in [0.25, 0.3) is 78.4 Å². The van der Waals surface area contributed by atoms with E-state index < -0.39 is 0 Å². The van der Waals surface area contributed by atoms with Crippen LogP contribution in [0.2, 0.25) is 0 Å². The number of rotatable bonds is 5. The third-order valence-corrected chi connectivity index (χ3v) is 7.75. The van der Waals surface area contributed by atoms with E-state index in [0.717, 1.165) is 49.8 Å². The second-order valence-corrected chi connectivity index (χ2v) is 10.5. The van der Waals surface area contributed by atoms with Gasteiger partial charge in [0.15, 0.2) is 17.5 Å². The van der Waals surface area contributed by atoms with Gasteiger partial charge in [-0.15, -0.1) is 0 Å². The lowest BCUT2D eigenvalue weighted by atomic mass is 9.99. The number of aromatic nitrogens is 3. The summed E-state index contributed by atoms with van der Waals surface area (Å²) in [5, 5.41) is 2.17. The number of para-hydroxylation sites is 1. The van der Waals surface area contributed by atoms with Crippen LogP contribution in [0.4, 0.5) is 0 Å². The lowest BCUT2D eigenvalue weighted by molar-refractivity contribution is 0.669. The number of benzene rings is 6. The van der Waals surface area contributed by atoms with Crippen molar-refractivity contribution in [1.82, 2.24) is 15.0 Å². The summed E-state index contributed by atoms with van der Waals surface area (Å²) in [4.78, 5) is 14.8. The van der Waals surface area contributed by atoms with Crippen LogP contribution in [0, 0.1) is 0 Å². The topological polar surface area (TPSA) is 51.8 Å². The SMILES string of the molecule is c1ccc(-c2ccc(-c3cccc(-c4nc(-c5ccccc5)nc(-c5ccc6c(c5)oc5ccccc56)n4)c3)cc2)cc1. The van der Waals surface area contributed by atoms with Crippen molar-refractivity contribution < 1.29 is 4.42 Å². The first-order chi connectivity index (χ1) is 21.3. The van der Waals surface area contributed by atoms with Crippen molar-refractivity contribution in [2.75, 3.05) is 0 Å². The van der Waals surface area contributed by atoms with Gasteiger partial charge in [-0.05, 0) is 46.5 Å². The molecule has 0 aliphatic rings. The summed E-state index contributed by atoms with van der Waals surface area (Å²) < 4.78 is 6.17. The van der Waals surface area contributed by atoms with E-state index in [-0.39, 0.29) is 0 Å². The number of hydrogen-bond donors (Lipinski definition) is 0. The van der Waals surface area contributed by atoms with E-state index in [0.29, 0.717) is 17.5 Å². The van der Waals surface area contributed by atoms with Crippen LogP contribution in [-0.2, 0) is 0 Å². The zero-order chi connectivity index (χ0) is 28.6. The molecule has 0 spiro atoms. The summed E-state index contributed by atoms with van der Waals surface area (Å²) in [6, 6.07) is 51.8. The van der Waals surface area contributed by atoms with Gasteiger partial charge < -0.3 is 4.42 Å². The van der Waals surface area contributed by atoms with Gasteiger partial charge in [0.25, 0.3) is 0 Å². The molecule has 4 nitrogen and oxygen atoms in total. The molecule has 0 aliphatic carbocycles. The third kappa shape index (κ3) is 4.75. The molecule has 0 unspecified atom stereocenters. The standard InChI is InChI=1S/C39H25N3O/c1-3-10-26(11-4-1)27-18-20-28(21-19-27)30-14-9-15-31(24-30)38-40-37(29-12-5-2-6-13-29)41-39(42-38)32-22-23-34-33-16-7-8-17-35(33)43-36(34)25-32/h1-25H. The third-order valence-electron chi connectivity index (χ3n) is 7.75. The second-order valence-electron chi connectivity index (χ2n) is 10.5. The largest absolute Gasteiger partial charge is 0.456 e. The molecule has 0 saturated carbocycles. The van der Waals surface area contributed by atoms with Crippen molar-refractivity contribution >= 4 is 21.9 Å². The van der Waals surface area contributed by atoms with E-state index in [9.17, 15) is 0 Å². The minimum Gasteiger partial charge on any atom is -0.456 e. The Bertz CT molecular complexity index is 2220. The molecule has 4 heteroatoms. The molecule has 0 N–H and O–H groups in total. The highest BCUT2D eigenvalue weighted by molar-refractivity contribution is 6.05. The van der Waals surface area contributed by atoms with Gasteiger partial charge in [0, 0.05) is 27.5 Å². The van der Waals surface area contributed by atoms with Crippen LogP contribution in [0.1, 0.15) is 0 Å². The molecule has 0 amide bonds. The van der Waals surface area contributed by atoms with Gasteiger partial charge in [-0.3, -0.25) is 0 Å². The predicted molar refractivity (Wildman–Crippen MR) is 174 cm³/mol. The van der Waals surface area contributed by atoms with Crippen LogP contribution in [0.5, 0.6) is 0 Å². The van der Waals surface area contributed by atoms with E-state index in [1.165, 1.54) is 11.1 Å². The number of hydrogen-bond acceptors (Lipinski definition) is 4. The Kier molecular flexibility index (Phi) is 6.08. The van der Waals surface area contributed by atoms with Crippen molar-refractivity contribution in [2.24, 2.45) is 0 Å². The van der Waals surface area contributed by atoms with E-state index >= 15 is 0 Å². The fourth-order valence-corrected chi connectivity index (χ4v) is 5.54. The Morgan fingerprint density at radius 3 is 1.49 bits per heavy atom. The van der Waals surface area contributed by atoms with Crippen LogP contribution in [0.3, 0.4) is 0 Å². The number of fused-ring (bicyclic) bond motifs is 3. The smallest absolute Gasteiger partial charge is 0.164 e. The predicted octanol–water partition coefficient (Wildman–Crippen LogP) is 10.1. The maximum absolute atomic E-state index is 6.17. The van der Waals surface area contributed by atoms with E-state index in [1.807, 2.05) is 60.7 Å². The maximum Gasteiger partial charge on any atom is 0.164 e. The Hall–Kier alpha value is -5.87. The monoisotopic (exact) mass is 551 g/mol. The fourth-order valence-electron chi connectivity index (χ4n) is 5.54. The highest BCUT2D eigenvalue weighted by Crippen LogP contribution is 2.33. The van der Waals surface area contributed by atoms with Crippen LogP contribution in [-0.4, -0.2) is 15.0 Å². The molecule has 0 aliphatic heterocycles. The average Bonchev–Trinajstić information content (AvgIpc) is 3.47. The van der Waals surface area contributed by atoms with Crippen molar-refractivity contribution in [3.8, 4) is 56.4 Å². The zero-order valence-corrected chi connectivity index (χ0v) is 23.2. The number of furan rings is 1. The van der Waals surface area contributed by atoms with E-state index in [4.69, 9.17) is 19.4 Å². The molecule has 0 atom stereocenters. The van der Waals surface area contributed by atoms with Crippen molar-refractivity contribution in [1.29, 1.82) is 0 Å². The highest BCUT2D eigenvalue weighted by Gasteiger charge is 2.15. The molecule has 43 heavy (non-hydrogen) atoms. The number of nitrogens with zero attached hydrogens (tertiary/aromatic N) is 3. The zero-order valence-electron chi connectivity index (χ0n) is 23.2. The molecule has 2 heterocycles. The normalized spacial score (nSPS) is 11.3. The minimum atomic E-state index is 0.601. The van der Waals surface area contributed by atoms with Gasteiger partial charge in [0.05, 0.1) is 0 Å². The molecule has 6 aromatic carbocycles. The maximum atomic E-state index is 6.17. The van der Waals surface area contributed by atoms with Crippen molar-refractivity contribution in [3.05, 3.63) is 152 Å². The van der Waals surface area contributed by atoms with Gasteiger partial charge in [0.1, 0.15) is 11.2 Å². The van der Waals surface area contributed by atoms with Gasteiger partial charge in [-0.2, -0.15) is 0 Å². The molecule has 0 saturated heterocycles. The Morgan fingerprint density at radius 1 is 0.302 bits per heavy atom. The molecule has 202 valence electrons. The van der Waals surface area contributed by atoms with E-state index in [2.05, 4.69) is 91.0 Å². The second kappa shape index (κ2) is 10.5. The quantitative estimate of drug-likeness (QED) is 0.214. The summed E-state index contributed by atoms with van der Waals surface area (Å²) in [7, 11) is 0. The van der Waals surface area contributed by atoms with Gasteiger partial charge in [0.2, 0.25) is 0 Å². The Morgan fingerprint density at radius 2 is 0.767 bits per heavy atom. The Labute approximate surface area is 249 Å². The first-order valence-corrected chi connectivity index (χ1v) is 14.3. The van der Waals surface area contributed by atoms with Gasteiger partial charge in [-0.1, -0.05) is 127 Å². The minimum absolute atomic E-state index is 0.601. The van der Waals surface area contributed by atoms with Gasteiger partial charge >= 0.3 is 0 Å². The van der Waals surface area contributed by atoms with Crippen molar-refractivity contribution in [3.63, 3.8) is 0 Å². The molecule has 0 radical (unpaired) electrons. The van der Waals surface area contributed by atoms with E-state index in [1.54, 1.807) is 0 Å². The first-order valence-electron chi connectivity index (χ1n) is 14.3. The lowest BCUT2D eigenvalue weighted by Gasteiger charge is -2.10. The lowest BCUT2D eigenvalue weighted by Crippen LogP contribution is -2.00. The van der Waals surface area contributed by atoms with Crippen molar-refractivity contribution in [2.45, 2.75) is 0 Å². The molecular formula is C39H25N3O. The van der Waals surface area contributed by atoms with Crippen LogP contribution < -0.4 is 0 Å². The average molecular weight is 552 g/mol. The molecular weight excluding hydrogens is 526 g/mol. The Balaban J connectivity index is 1.22. The summed E-state index contributed by atoms with van der Waals surface area (Å²) in [6.07, 6.45) is 0. The summed E-state index contributed by atoms with van der Waals surface area (Å²) in [5.41, 5.74) is 9.04. The summed E-state index contributed by atoms with van der Waals surface area (Å²) >= 11 is 0. The summed E-state index contributed by atoms with van der Waals surface area (Å²) in [5.74, 6) is 1.85. The molecule has 0 fully saturated rings. The molecule has 2 aromatic heterocycles. The van der Waals surface area contributed by atoms with Gasteiger partial charge in [-0.25, -0.2) is 15.0 Å². The summed E-state index contributed by atoms with van der Waals surface area (Å²) in [6.45, 7) is 0. The highest BCUT2D eigenvalue weighted by atomic mass is 16.3. The first kappa shape index (κ1) is 24.9. The molecule has 8 rings (SSSR count). The van der Waals surface area contributed by atoms with Crippen LogP contribution >= 0.6 is 0 Å². The fraction of sp³-hybridized carbons (Fsp3) is 0. The molecule has 8 aromatic rings.